The quantitative estimate of drug-likeness (QED) is 0.766. The fourth-order valence-corrected chi connectivity index (χ4v) is 3.67. The Morgan fingerprint density at radius 3 is 2.77 bits per heavy atom. The Bertz CT molecular complexity index is 889. The molecule has 0 amide bonds. The second-order valence-corrected chi connectivity index (χ2v) is 6.58. The Labute approximate surface area is 152 Å². The number of allylic oxidation sites excluding steroid dienone is 1. The fourth-order valence-electron chi connectivity index (χ4n) is 3.67. The van der Waals surface area contributed by atoms with Gasteiger partial charge in [-0.25, -0.2) is 0 Å². The molecule has 1 atom stereocenters. The van der Waals surface area contributed by atoms with Crippen LogP contribution in [0.5, 0.6) is 11.5 Å². The average Bonchev–Trinajstić information content (AvgIpc) is 2.81. The predicted molar refractivity (Wildman–Crippen MR) is 102 cm³/mol. The Balaban J connectivity index is 1.84. The predicted octanol–water partition coefficient (Wildman–Crippen LogP) is 4.38. The lowest BCUT2D eigenvalue weighted by molar-refractivity contribution is -0.116. The summed E-state index contributed by atoms with van der Waals surface area (Å²) < 4.78 is 5.54. The molecule has 5 nitrogen and oxygen atoms in total. The number of Topliss-reactive ketones (excluding diaryl/α,β-unsaturated/α-hetero) is 1. The van der Waals surface area contributed by atoms with Gasteiger partial charge in [-0.15, -0.1) is 0 Å². The van der Waals surface area contributed by atoms with E-state index in [1.807, 2.05) is 43.3 Å². The highest BCUT2D eigenvalue weighted by molar-refractivity contribution is 6.00. The van der Waals surface area contributed by atoms with E-state index >= 15 is 0 Å². The Morgan fingerprint density at radius 2 is 1.96 bits per heavy atom. The second kappa shape index (κ2) is 6.75. The Kier molecular flexibility index (Phi) is 4.29. The zero-order chi connectivity index (χ0) is 18.1. The number of fused-ring (bicyclic) bond motifs is 1. The van der Waals surface area contributed by atoms with E-state index < -0.39 is 0 Å². The highest BCUT2D eigenvalue weighted by atomic mass is 16.5. The summed E-state index contributed by atoms with van der Waals surface area (Å²) >= 11 is 0. The van der Waals surface area contributed by atoms with Gasteiger partial charge in [0, 0.05) is 17.7 Å². The summed E-state index contributed by atoms with van der Waals surface area (Å²) in [5.74, 6) is 0.699. The van der Waals surface area contributed by atoms with Crippen molar-refractivity contribution in [3.63, 3.8) is 0 Å². The number of aromatic hydroxyl groups is 1. The van der Waals surface area contributed by atoms with Crippen molar-refractivity contribution in [3.8, 4) is 11.5 Å². The highest BCUT2D eigenvalue weighted by Crippen LogP contribution is 2.42. The minimum Gasteiger partial charge on any atom is -0.504 e. The monoisotopic (exact) mass is 350 g/mol. The fraction of sp³-hybridized carbons (Fsp3) is 0.286. The number of hydrogen-bond donors (Lipinski definition) is 3. The zero-order valence-electron chi connectivity index (χ0n) is 14.7. The number of para-hydroxylation sites is 2. The van der Waals surface area contributed by atoms with E-state index in [0.29, 0.717) is 18.8 Å². The van der Waals surface area contributed by atoms with Crippen molar-refractivity contribution in [1.82, 2.24) is 0 Å². The van der Waals surface area contributed by atoms with E-state index in [4.69, 9.17) is 4.74 Å². The van der Waals surface area contributed by atoms with E-state index in [1.54, 1.807) is 6.07 Å². The maximum Gasteiger partial charge on any atom is 0.163 e. The Morgan fingerprint density at radius 1 is 1.15 bits per heavy atom. The molecule has 26 heavy (non-hydrogen) atoms. The van der Waals surface area contributed by atoms with Crippen LogP contribution in [0.3, 0.4) is 0 Å². The van der Waals surface area contributed by atoms with Crippen molar-refractivity contribution < 1.29 is 14.6 Å². The number of nitrogens with one attached hydrogen (secondary N) is 2. The molecule has 0 aromatic heterocycles. The standard InChI is InChI=1S/C21H22N2O3/c1-2-26-19-12-13(10-11-17(19)24)21-20-16(8-5-9-18(20)25)22-14-6-3-4-7-15(14)23-21/h3-4,6-7,10-12,21-24H,2,5,8-9H2,1H3/t21-/m0/s1. The third-order valence-corrected chi connectivity index (χ3v) is 4.87. The summed E-state index contributed by atoms with van der Waals surface area (Å²) in [6.45, 7) is 2.34. The van der Waals surface area contributed by atoms with E-state index in [-0.39, 0.29) is 17.6 Å². The van der Waals surface area contributed by atoms with Gasteiger partial charge in [0.25, 0.3) is 0 Å². The number of ketones is 1. The first kappa shape index (κ1) is 16.5. The molecule has 3 N–H and O–H groups in total. The molecule has 4 rings (SSSR count). The van der Waals surface area contributed by atoms with Crippen molar-refractivity contribution in [2.24, 2.45) is 0 Å². The van der Waals surface area contributed by atoms with Crippen molar-refractivity contribution in [1.29, 1.82) is 0 Å². The number of hydrogen-bond acceptors (Lipinski definition) is 5. The summed E-state index contributed by atoms with van der Waals surface area (Å²) in [7, 11) is 0. The number of phenols is 1. The number of benzene rings is 2. The summed E-state index contributed by atoms with van der Waals surface area (Å²) in [6, 6.07) is 13.0. The molecule has 2 aromatic rings. The molecule has 1 heterocycles. The van der Waals surface area contributed by atoms with Gasteiger partial charge in [-0.1, -0.05) is 18.2 Å². The van der Waals surface area contributed by atoms with Crippen LogP contribution in [0.1, 0.15) is 37.8 Å². The summed E-state index contributed by atoms with van der Waals surface area (Å²) in [6.07, 6.45) is 2.27. The number of phenolic OH excluding ortho intramolecular Hbond substituents is 1. The van der Waals surface area contributed by atoms with Crippen LogP contribution >= 0.6 is 0 Å². The van der Waals surface area contributed by atoms with Gasteiger partial charge in [-0.3, -0.25) is 4.79 Å². The van der Waals surface area contributed by atoms with Crippen LogP contribution in [0.25, 0.3) is 0 Å². The molecule has 1 aliphatic carbocycles. The lowest BCUT2D eigenvalue weighted by atomic mass is 9.86. The zero-order valence-corrected chi connectivity index (χ0v) is 14.7. The lowest BCUT2D eigenvalue weighted by Crippen LogP contribution is -2.23. The number of carbonyl (C=O) groups is 1. The minimum atomic E-state index is -0.284. The largest absolute Gasteiger partial charge is 0.504 e. The molecule has 5 heteroatoms. The first-order valence-electron chi connectivity index (χ1n) is 9.02. The van der Waals surface area contributed by atoms with Crippen LogP contribution in [0, 0.1) is 0 Å². The molecule has 0 radical (unpaired) electrons. The van der Waals surface area contributed by atoms with Crippen LogP contribution < -0.4 is 15.4 Å². The smallest absolute Gasteiger partial charge is 0.163 e. The second-order valence-electron chi connectivity index (χ2n) is 6.58. The SMILES string of the molecule is CCOc1cc([C@@H]2Nc3ccccc3NC3=C2C(=O)CCC3)ccc1O. The van der Waals surface area contributed by atoms with Crippen LogP contribution in [0.15, 0.2) is 53.7 Å². The van der Waals surface area contributed by atoms with Crippen LogP contribution in [-0.4, -0.2) is 17.5 Å². The lowest BCUT2D eigenvalue weighted by Gasteiger charge is -2.25. The van der Waals surface area contributed by atoms with Gasteiger partial charge in [-0.05, 0) is 49.6 Å². The van der Waals surface area contributed by atoms with E-state index in [2.05, 4.69) is 10.6 Å². The molecule has 2 aliphatic rings. The maximum absolute atomic E-state index is 12.8. The van der Waals surface area contributed by atoms with Crippen molar-refractivity contribution in [2.45, 2.75) is 32.2 Å². The number of rotatable bonds is 3. The molecule has 0 fully saturated rings. The van der Waals surface area contributed by atoms with Crippen molar-refractivity contribution in [3.05, 3.63) is 59.3 Å². The van der Waals surface area contributed by atoms with Gasteiger partial charge in [0.05, 0.1) is 24.0 Å². The normalized spacial score (nSPS) is 19.0. The molecular weight excluding hydrogens is 328 g/mol. The molecule has 134 valence electrons. The Hall–Kier alpha value is -2.95. The average molecular weight is 350 g/mol. The first-order chi connectivity index (χ1) is 12.7. The molecule has 0 bridgehead atoms. The summed E-state index contributed by atoms with van der Waals surface area (Å²) in [5, 5.41) is 17.0. The van der Waals surface area contributed by atoms with Gasteiger partial charge in [-0.2, -0.15) is 0 Å². The topological polar surface area (TPSA) is 70.6 Å². The van der Waals surface area contributed by atoms with Crippen molar-refractivity contribution >= 4 is 17.2 Å². The van der Waals surface area contributed by atoms with Crippen LogP contribution in [-0.2, 0) is 4.79 Å². The van der Waals surface area contributed by atoms with Gasteiger partial charge >= 0.3 is 0 Å². The third kappa shape index (κ3) is 2.90. The summed E-state index contributed by atoms with van der Waals surface area (Å²) in [5.41, 5.74) is 4.58. The van der Waals surface area contributed by atoms with Gasteiger partial charge in [0.15, 0.2) is 17.3 Å². The van der Waals surface area contributed by atoms with Gasteiger partial charge in [0.2, 0.25) is 0 Å². The van der Waals surface area contributed by atoms with Crippen LogP contribution in [0.2, 0.25) is 0 Å². The van der Waals surface area contributed by atoms with E-state index in [9.17, 15) is 9.90 Å². The molecular formula is C21H22N2O3. The highest BCUT2D eigenvalue weighted by Gasteiger charge is 2.32. The third-order valence-electron chi connectivity index (χ3n) is 4.87. The van der Waals surface area contributed by atoms with Gasteiger partial charge in [0.1, 0.15) is 0 Å². The molecule has 1 aliphatic heterocycles. The molecule has 2 aromatic carbocycles. The molecule has 0 saturated carbocycles. The minimum absolute atomic E-state index is 0.104. The molecule has 0 spiro atoms. The maximum atomic E-state index is 12.8. The summed E-state index contributed by atoms with van der Waals surface area (Å²) in [4.78, 5) is 12.8. The van der Waals surface area contributed by atoms with Gasteiger partial charge < -0.3 is 20.5 Å². The van der Waals surface area contributed by atoms with Crippen LogP contribution in [0.4, 0.5) is 11.4 Å². The van der Waals surface area contributed by atoms with E-state index in [1.165, 1.54) is 0 Å². The number of carbonyl (C=O) groups excluding carboxylic acids is 1. The number of ether oxygens (including phenoxy) is 1. The molecule has 0 saturated heterocycles. The van der Waals surface area contributed by atoms with Crippen molar-refractivity contribution in [2.75, 3.05) is 17.2 Å². The van der Waals surface area contributed by atoms with E-state index in [0.717, 1.165) is 41.1 Å². The first-order valence-corrected chi connectivity index (χ1v) is 9.02. The number of anilines is 2. The molecule has 0 unspecified atom stereocenters.